The molecular formula is C17H26Cl2N2O2. The fourth-order valence-corrected chi connectivity index (χ4v) is 3.18. The number of nitrogens with zero attached hydrogens (tertiary/aromatic N) is 1. The molecule has 130 valence electrons. The third-order valence-electron chi connectivity index (χ3n) is 3.77. The van der Waals surface area contributed by atoms with Gasteiger partial charge >= 0.3 is 0 Å². The number of rotatable bonds is 9. The summed E-state index contributed by atoms with van der Waals surface area (Å²) in [7, 11) is 0. The molecule has 0 bridgehead atoms. The largest absolute Gasteiger partial charge is 0.490 e. The van der Waals surface area contributed by atoms with Crippen LogP contribution in [0.25, 0.3) is 0 Å². The number of hydrogen-bond donors (Lipinski definition) is 1. The van der Waals surface area contributed by atoms with E-state index in [1.807, 2.05) is 12.1 Å². The Morgan fingerprint density at radius 3 is 2.57 bits per heavy atom. The Bertz CT molecular complexity index is 457. The number of nitrogens with one attached hydrogen (secondary N) is 1. The third kappa shape index (κ3) is 6.48. The summed E-state index contributed by atoms with van der Waals surface area (Å²) in [6.45, 7) is 9.33. The lowest BCUT2D eigenvalue weighted by molar-refractivity contribution is 0.0374. The van der Waals surface area contributed by atoms with Gasteiger partial charge in [-0.05, 0) is 43.6 Å². The number of benzene rings is 1. The molecular weight excluding hydrogens is 335 g/mol. The van der Waals surface area contributed by atoms with Gasteiger partial charge in [0.1, 0.15) is 0 Å². The summed E-state index contributed by atoms with van der Waals surface area (Å²) in [5.74, 6) is 0.589. The van der Waals surface area contributed by atoms with E-state index in [1.165, 1.54) is 0 Å². The number of ether oxygens (including phenoxy) is 2. The second kappa shape index (κ2) is 10.4. The van der Waals surface area contributed by atoms with Gasteiger partial charge in [0.15, 0.2) is 5.75 Å². The van der Waals surface area contributed by atoms with E-state index in [2.05, 4.69) is 17.1 Å². The average molecular weight is 361 g/mol. The van der Waals surface area contributed by atoms with Crippen LogP contribution in [-0.4, -0.2) is 50.9 Å². The Kier molecular flexibility index (Phi) is 8.48. The Labute approximate surface area is 149 Å². The Morgan fingerprint density at radius 1 is 1.22 bits per heavy atom. The van der Waals surface area contributed by atoms with Crippen molar-refractivity contribution in [2.45, 2.75) is 26.3 Å². The van der Waals surface area contributed by atoms with Crippen LogP contribution >= 0.6 is 23.2 Å². The van der Waals surface area contributed by atoms with Crippen LogP contribution in [0.3, 0.4) is 0 Å². The lowest BCUT2D eigenvalue weighted by Crippen LogP contribution is -2.37. The Hall–Kier alpha value is -0.520. The van der Waals surface area contributed by atoms with E-state index >= 15 is 0 Å². The third-order valence-corrected chi connectivity index (χ3v) is 4.33. The summed E-state index contributed by atoms with van der Waals surface area (Å²) in [5, 5.41) is 4.60. The van der Waals surface area contributed by atoms with Crippen molar-refractivity contribution < 1.29 is 9.47 Å². The van der Waals surface area contributed by atoms with Crippen LogP contribution in [-0.2, 0) is 11.3 Å². The molecule has 6 heteroatoms. The zero-order valence-corrected chi connectivity index (χ0v) is 15.3. The molecule has 23 heavy (non-hydrogen) atoms. The zero-order chi connectivity index (χ0) is 16.5. The highest BCUT2D eigenvalue weighted by Gasteiger charge is 2.10. The van der Waals surface area contributed by atoms with Crippen molar-refractivity contribution in [1.29, 1.82) is 0 Å². The minimum Gasteiger partial charge on any atom is -0.490 e. The first-order valence-electron chi connectivity index (χ1n) is 8.32. The fraction of sp³-hybridized carbons (Fsp3) is 0.647. The van der Waals surface area contributed by atoms with Crippen LogP contribution in [0.4, 0.5) is 0 Å². The highest BCUT2D eigenvalue weighted by atomic mass is 35.5. The molecule has 0 aromatic heterocycles. The highest BCUT2D eigenvalue weighted by Crippen LogP contribution is 2.34. The van der Waals surface area contributed by atoms with Crippen molar-refractivity contribution in [2.24, 2.45) is 0 Å². The molecule has 4 nitrogen and oxygen atoms in total. The number of morpholine rings is 1. The molecule has 1 saturated heterocycles. The first-order chi connectivity index (χ1) is 11.2. The molecule has 0 unspecified atom stereocenters. The molecule has 0 spiro atoms. The van der Waals surface area contributed by atoms with E-state index in [9.17, 15) is 0 Å². The number of hydrogen-bond acceptors (Lipinski definition) is 4. The highest BCUT2D eigenvalue weighted by molar-refractivity contribution is 6.37. The second-order valence-electron chi connectivity index (χ2n) is 5.72. The van der Waals surface area contributed by atoms with Gasteiger partial charge in [-0.15, -0.1) is 0 Å². The zero-order valence-electron chi connectivity index (χ0n) is 13.7. The van der Waals surface area contributed by atoms with Crippen LogP contribution in [0.2, 0.25) is 10.0 Å². The minimum absolute atomic E-state index is 0.580. The van der Waals surface area contributed by atoms with Crippen molar-refractivity contribution in [2.75, 3.05) is 46.0 Å². The fourth-order valence-electron chi connectivity index (χ4n) is 2.54. The van der Waals surface area contributed by atoms with Gasteiger partial charge in [0.05, 0.1) is 29.9 Å². The smallest absolute Gasteiger partial charge is 0.156 e. The predicted molar refractivity (Wildman–Crippen MR) is 95.8 cm³/mol. The van der Waals surface area contributed by atoms with Crippen molar-refractivity contribution in [3.8, 4) is 5.75 Å². The van der Waals surface area contributed by atoms with E-state index in [1.54, 1.807) is 0 Å². The van der Waals surface area contributed by atoms with Gasteiger partial charge in [-0.2, -0.15) is 0 Å². The molecule has 1 N–H and O–H groups in total. The molecule has 1 aromatic carbocycles. The van der Waals surface area contributed by atoms with Crippen LogP contribution < -0.4 is 10.1 Å². The Balaban J connectivity index is 1.70. The quantitative estimate of drug-likeness (QED) is 0.682. The second-order valence-corrected chi connectivity index (χ2v) is 6.54. The SMILES string of the molecule is CCCOc1c(Cl)cc(CNCCCN2CCOCC2)cc1Cl. The van der Waals surface area contributed by atoms with E-state index < -0.39 is 0 Å². The molecule has 1 fully saturated rings. The maximum Gasteiger partial charge on any atom is 0.156 e. The minimum atomic E-state index is 0.580. The van der Waals surface area contributed by atoms with Crippen molar-refractivity contribution in [3.63, 3.8) is 0 Å². The molecule has 1 aromatic rings. The van der Waals surface area contributed by atoms with Gasteiger partial charge in [0.25, 0.3) is 0 Å². The van der Waals surface area contributed by atoms with Gasteiger partial charge < -0.3 is 14.8 Å². The lowest BCUT2D eigenvalue weighted by atomic mass is 10.2. The molecule has 1 aliphatic rings. The summed E-state index contributed by atoms with van der Waals surface area (Å²) in [6.07, 6.45) is 2.05. The predicted octanol–water partition coefficient (Wildman–Crippen LogP) is 3.59. The first-order valence-corrected chi connectivity index (χ1v) is 9.08. The average Bonchev–Trinajstić information content (AvgIpc) is 2.55. The van der Waals surface area contributed by atoms with Gasteiger partial charge in [-0.3, -0.25) is 4.90 Å². The topological polar surface area (TPSA) is 33.7 Å². The maximum atomic E-state index is 6.26. The van der Waals surface area contributed by atoms with Crippen LogP contribution in [0.5, 0.6) is 5.75 Å². The van der Waals surface area contributed by atoms with Crippen molar-refractivity contribution >= 4 is 23.2 Å². The normalized spacial score (nSPS) is 15.8. The molecule has 1 heterocycles. The maximum absolute atomic E-state index is 6.26. The van der Waals surface area contributed by atoms with Crippen LogP contribution in [0.1, 0.15) is 25.3 Å². The van der Waals surface area contributed by atoms with E-state index in [0.717, 1.165) is 64.3 Å². The number of halogens is 2. The summed E-state index contributed by atoms with van der Waals surface area (Å²) in [6, 6.07) is 3.85. The molecule has 0 atom stereocenters. The molecule has 0 saturated carbocycles. The summed E-state index contributed by atoms with van der Waals surface area (Å²) >= 11 is 12.5. The van der Waals surface area contributed by atoms with Gasteiger partial charge in [0, 0.05) is 19.6 Å². The Morgan fingerprint density at radius 2 is 1.91 bits per heavy atom. The first kappa shape index (κ1) is 18.8. The van der Waals surface area contributed by atoms with Crippen molar-refractivity contribution in [1.82, 2.24) is 10.2 Å². The van der Waals surface area contributed by atoms with Gasteiger partial charge in [-0.1, -0.05) is 30.1 Å². The molecule has 1 aliphatic heterocycles. The van der Waals surface area contributed by atoms with Crippen LogP contribution in [0, 0.1) is 0 Å². The molecule has 0 amide bonds. The van der Waals surface area contributed by atoms with Crippen molar-refractivity contribution in [3.05, 3.63) is 27.7 Å². The summed E-state index contributed by atoms with van der Waals surface area (Å²) in [4.78, 5) is 2.44. The van der Waals surface area contributed by atoms with Crippen LogP contribution in [0.15, 0.2) is 12.1 Å². The summed E-state index contributed by atoms with van der Waals surface area (Å²) in [5.41, 5.74) is 1.08. The molecule has 0 aliphatic carbocycles. The van der Waals surface area contributed by atoms with E-state index in [-0.39, 0.29) is 0 Å². The van der Waals surface area contributed by atoms with Gasteiger partial charge in [-0.25, -0.2) is 0 Å². The monoisotopic (exact) mass is 360 g/mol. The van der Waals surface area contributed by atoms with E-state index in [4.69, 9.17) is 32.7 Å². The van der Waals surface area contributed by atoms with E-state index in [0.29, 0.717) is 22.4 Å². The lowest BCUT2D eigenvalue weighted by Gasteiger charge is -2.26. The standard InChI is InChI=1S/C17H26Cl2N2O2/c1-2-8-23-17-15(18)11-14(12-16(17)19)13-20-4-3-5-21-6-9-22-10-7-21/h11-12,20H,2-10,13H2,1H3. The molecule has 0 radical (unpaired) electrons. The van der Waals surface area contributed by atoms with Gasteiger partial charge in [0.2, 0.25) is 0 Å². The molecule has 2 rings (SSSR count). The summed E-state index contributed by atoms with van der Waals surface area (Å²) < 4.78 is 10.9.